The van der Waals surface area contributed by atoms with Crippen LogP contribution in [0.2, 0.25) is 0 Å². The minimum absolute atomic E-state index is 0.0770. The highest BCUT2D eigenvalue weighted by molar-refractivity contribution is 7.87. The topological polar surface area (TPSA) is 140 Å². The number of ether oxygens (including phenoxy) is 2. The number of nitrogen functional groups attached to an aromatic ring is 2. The second-order valence-corrected chi connectivity index (χ2v) is 9.66. The number of hydrogen-bond donors (Lipinski definition) is 2. The monoisotopic (exact) mass is 472 g/mol. The van der Waals surface area contributed by atoms with E-state index >= 15 is 0 Å². The molecule has 33 heavy (non-hydrogen) atoms. The molecule has 4 N–H and O–H groups in total. The third kappa shape index (κ3) is 5.64. The number of rotatable bonds is 9. The molecule has 0 aliphatic heterocycles. The molecule has 0 unspecified atom stereocenters. The summed E-state index contributed by atoms with van der Waals surface area (Å²) in [4.78, 5) is 7.99. The van der Waals surface area contributed by atoms with E-state index in [1.807, 2.05) is 25.1 Å². The molecule has 3 aromatic rings. The van der Waals surface area contributed by atoms with Gasteiger partial charge in [0, 0.05) is 18.2 Å². The molecule has 0 fully saturated rings. The van der Waals surface area contributed by atoms with Crippen LogP contribution in [0.25, 0.3) is 11.1 Å². The van der Waals surface area contributed by atoms with E-state index in [0.29, 0.717) is 41.2 Å². The molecule has 0 bridgehead atoms. The van der Waals surface area contributed by atoms with Crippen molar-refractivity contribution < 1.29 is 22.1 Å². The van der Waals surface area contributed by atoms with Crippen molar-refractivity contribution in [2.45, 2.75) is 32.4 Å². The van der Waals surface area contributed by atoms with Crippen LogP contribution in [0.5, 0.6) is 17.2 Å². The van der Waals surface area contributed by atoms with E-state index in [0.717, 1.165) is 5.56 Å². The lowest BCUT2D eigenvalue weighted by Gasteiger charge is -2.19. The normalized spacial score (nSPS) is 11.4. The van der Waals surface area contributed by atoms with Gasteiger partial charge in [-0.25, -0.2) is 4.98 Å². The summed E-state index contributed by atoms with van der Waals surface area (Å²) in [5.74, 6) is 1.63. The maximum absolute atomic E-state index is 12.7. The Bertz CT molecular complexity index is 1230. The molecule has 3 rings (SSSR count). The van der Waals surface area contributed by atoms with Crippen molar-refractivity contribution in [3.05, 3.63) is 53.7 Å². The van der Waals surface area contributed by atoms with Crippen LogP contribution in [0.1, 0.15) is 31.9 Å². The van der Waals surface area contributed by atoms with Gasteiger partial charge in [0.25, 0.3) is 0 Å². The highest BCUT2D eigenvalue weighted by Gasteiger charge is 2.24. The largest absolute Gasteiger partial charge is 0.497 e. The van der Waals surface area contributed by atoms with E-state index in [1.165, 1.54) is 0 Å². The lowest BCUT2D eigenvalue weighted by Crippen LogP contribution is -2.20. The van der Waals surface area contributed by atoms with Crippen molar-refractivity contribution in [2.75, 3.05) is 25.2 Å². The predicted octanol–water partition coefficient (Wildman–Crippen LogP) is 3.42. The van der Waals surface area contributed by atoms with Crippen molar-refractivity contribution in [3.8, 4) is 28.4 Å². The van der Waals surface area contributed by atoms with E-state index in [2.05, 4.69) is 9.97 Å². The fraction of sp³-hybridized carbons (Fsp3) is 0.304. The van der Waals surface area contributed by atoms with E-state index in [-0.39, 0.29) is 17.5 Å². The van der Waals surface area contributed by atoms with Gasteiger partial charge in [-0.1, -0.05) is 12.1 Å². The first kappa shape index (κ1) is 24.1. The lowest BCUT2D eigenvalue weighted by molar-refractivity contribution is 0.340. The van der Waals surface area contributed by atoms with E-state index < -0.39 is 15.4 Å². The van der Waals surface area contributed by atoms with Crippen molar-refractivity contribution in [1.82, 2.24) is 9.97 Å². The number of aromatic nitrogens is 2. The fourth-order valence-electron chi connectivity index (χ4n) is 3.14. The van der Waals surface area contributed by atoms with Crippen molar-refractivity contribution in [1.29, 1.82) is 0 Å². The highest BCUT2D eigenvalue weighted by Crippen LogP contribution is 2.42. The summed E-state index contributed by atoms with van der Waals surface area (Å²) in [7, 11) is -2.30. The van der Waals surface area contributed by atoms with Crippen LogP contribution >= 0.6 is 0 Å². The molecule has 10 heteroatoms. The SMILES string of the molecule is CCOc1cc(Cc2cnc(N)nc2N)cc(OS(=O)(=O)C(C)C)c1-c1ccc(OC)cc1. The molecule has 176 valence electrons. The molecule has 0 radical (unpaired) electrons. The van der Waals surface area contributed by atoms with Crippen LogP contribution in [-0.2, 0) is 16.5 Å². The maximum atomic E-state index is 12.7. The molecular formula is C23H28N4O5S. The zero-order valence-corrected chi connectivity index (χ0v) is 19.8. The summed E-state index contributed by atoms with van der Waals surface area (Å²) in [6.07, 6.45) is 1.87. The molecule has 0 spiro atoms. The van der Waals surface area contributed by atoms with Crippen LogP contribution in [0.4, 0.5) is 11.8 Å². The minimum Gasteiger partial charge on any atom is -0.497 e. The minimum atomic E-state index is -3.88. The second-order valence-electron chi connectivity index (χ2n) is 7.57. The maximum Gasteiger partial charge on any atom is 0.311 e. The summed E-state index contributed by atoms with van der Waals surface area (Å²) in [6.45, 7) is 5.34. The second kappa shape index (κ2) is 9.95. The third-order valence-corrected chi connectivity index (χ3v) is 6.47. The molecule has 0 saturated carbocycles. The highest BCUT2D eigenvalue weighted by atomic mass is 32.2. The summed E-state index contributed by atoms with van der Waals surface area (Å²) < 4.78 is 42.1. The molecule has 1 aromatic heterocycles. The van der Waals surface area contributed by atoms with Gasteiger partial charge in [-0.2, -0.15) is 13.4 Å². The Morgan fingerprint density at radius 2 is 1.73 bits per heavy atom. The van der Waals surface area contributed by atoms with Gasteiger partial charge in [-0.05, 0) is 56.2 Å². The Morgan fingerprint density at radius 3 is 2.30 bits per heavy atom. The van der Waals surface area contributed by atoms with Crippen LogP contribution < -0.4 is 25.1 Å². The molecule has 0 aliphatic rings. The van der Waals surface area contributed by atoms with Gasteiger partial charge in [0.05, 0.1) is 24.5 Å². The van der Waals surface area contributed by atoms with Crippen molar-refractivity contribution in [3.63, 3.8) is 0 Å². The Labute approximate surface area is 193 Å². The first-order valence-corrected chi connectivity index (χ1v) is 11.9. The number of nitrogens with two attached hydrogens (primary N) is 2. The lowest BCUT2D eigenvalue weighted by atomic mass is 9.98. The summed E-state index contributed by atoms with van der Waals surface area (Å²) >= 11 is 0. The van der Waals surface area contributed by atoms with E-state index in [1.54, 1.807) is 45.4 Å². The molecule has 0 saturated heterocycles. The van der Waals surface area contributed by atoms with Gasteiger partial charge >= 0.3 is 10.1 Å². The van der Waals surface area contributed by atoms with E-state index in [4.69, 9.17) is 25.1 Å². The molecule has 2 aromatic carbocycles. The van der Waals surface area contributed by atoms with Gasteiger partial charge in [0.15, 0.2) is 5.75 Å². The fourth-order valence-corrected chi connectivity index (χ4v) is 3.71. The quantitative estimate of drug-likeness (QED) is 0.448. The number of nitrogens with zero attached hydrogens (tertiary/aromatic N) is 2. The third-order valence-electron chi connectivity index (χ3n) is 4.90. The summed E-state index contributed by atoms with van der Waals surface area (Å²) in [5.41, 5.74) is 14.2. The van der Waals surface area contributed by atoms with Crippen molar-refractivity contribution in [2.24, 2.45) is 0 Å². The van der Waals surface area contributed by atoms with Gasteiger partial charge in [0.2, 0.25) is 5.95 Å². The molecule has 0 amide bonds. The number of methoxy groups -OCH3 is 1. The van der Waals surface area contributed by atoms with Crippen LogP contribution in [0.3, 0.4) is 0 Å². The number of benzene rings is 2. The molecule has 0 aliphatic carbocycles. The first-order chi connectivity index (χ1) is 15.6. The molecular weight excluding hydrogens is 444 g/mol. The Morgan fingerprint density at radius 1 is 1.06 bits per heavy atom. The van der Waals surface area contributed by atoms with Crippen LogP contribution in [-0.4, -0.2) is 37.4 Å². The average Bonchev–Trinajstić information content (AvgIpc) is 2.76. The smallest absolute Gasteiger partial charge is 0.311 e. The first-order valence-electron chi connectivity index (χ1n) is 10.4. The van der Waals surface area contributed by atoms with Gasteiger partial charge < -0.3 is 25.1 Å². The zero-order valence-electron chi connectivity index (χ0n) is 19.0. The standard InChI is InChI=1S/C23H28N4O5S/c1-5-31-19-11-15(10-17-13-26-23(25)27-22(17)24)12-20(32-33(28,29)14(2)3)21(19)16-6-8-18(30-4)9-7-16/h6-9,11-14H,5,10H2,1-4H3,(H4,24,25,26,27). The van der Waals surface area contributed by atoms with E-state index in [9.17, 15) is 8.42 Å². The van der Waals surface area contributed by atoms with Gasteiger partial charge in [-0.3, -0.25) is 0 Å². The zero-order chi connectivity index (χ0) is 24.2. The average molecular weight is 473 g/mol. The molecule has 0 atom stereocenters. The number of anilines is 2. The van der Waals surface area contributed by atoms with Gasteiger partial charge in [0.1, 0.15) is 17.3 Å². The predicted molar refractivity (Wildman–Crippen MR) is 128 cm³/mol. The Balaban J connectivity index is 2.18. The van der Waals surface area contributed by atoms with Crippen LogP contribution in [0.15, 0.2) is 42.6 Å². The Kier molecular flexibility index (Phi) is 7.27. The summed E-state index contributed by atoms with van der Waals surface area (Å²) in [6, 6.07) is 10.7. The van der Waals surface area contributed by atoms with Gasteiger partial charge in [-0.15, -0.1) is 0 Å². The summed E-state index contributed by atoms with van der Waals surface area (Å²) in [5, 5.41) is -0.735. The Hall–Kier alpha value is -3.53. The molecule has 1 heterocycles. The number of hydrogen-bond acceptors (Lipinski definition) is 9. The molecule has 9 nitrogen and oxygen atoms in total. The van der Waals surface area contributed by atoms with Crippen molar-refractivity contribution >= 4 is 21.9 Å². The van der Waals surface area contributed by atoms with Crippen LogP contribution in [0, 0.1) is 0 Å².